The largest absolute Gasteiger partial charge is 0.462 e. The number of benzene rings is 1. The van der Waals surface area contributed by atoms with Crippen molar-refractivity contribution in [3.8, 4) is 0 Å². The average Bonchev–Trinajstić information content (AvgIpc) is 2.57. The van der Waals surface area contributed by atoms with Gasteiger partial charge in [-0.1, -0.05) is 24.4 Å². The minimum atomic E-state index is -4.53. The van der Waals surface area contributed by atoms with E-state index in [1.165, 1.54) is 36.3 Å². The quantitative estimate of drug-likeness (QED) is 0.642. The van der Waals surface area contributed by atoms with E-state index in [-0.39, 0.29) is 35.6 Å². The molecule has 134 valence electrons. The van der Waals surface area contributed by atoms with E-state index in [0.29, 0.717) is 5.56 Å². The number of rotatable bonds is 5. The highest BCUT2D eigenvalue weighted by atomic mass is 32.1. The predicted octanol–water partition coefficient (Wildman–Crippen LogP) is 2.40. The third-order valence-corrected chi connectivity index (χ3v) is 3.91. The number of alkyl halides is 3. The third kappa shape index (κ3) is 4.43. The van der Waals surface area contributed by atoms with Crippen molar-refractivity contribution in [2.24, 2.45) is 0 Å². The Balaban J connectivity index is 2.35. The van der Waals surface area contributed by atoms with Gasteiger partial charge in [-0.15, -0.1) is 0 Å². The third-order valence-electron chi connectivity index (χ3n) is 3.37. The Labute approximate surface area is 147 Å². The summed E-state index contributed by atoms with van der Waals surface area (Å²) >= 11 is 5.30. The lowest BCUT2D eigenvalue weighted by Crippen LogP contribution is -2.33. The topological polar surface area (TPSA) is 62.7 Å². The van der Waals surface area contributed by atoms with Gasteiger partial charge < -0.3 is 14.7 Å². The van der Waals surface area contributed by atoms with Crippen molar-refractivity contribution < 1.29 is 27.8 Å². The van der Waals surface area contributed by atoms with Crippen LogP contribution in [-0.4, -0.2) is 52.8 Å². The fourth-order valence-electron chi connectivity index (χ4n) is 2.27. The van der Waals surface area contributed by atoms with Gasteiger partial charge in [0.05, 0.1) is 17.7 Å². The fraction of sp³-hybridized carbons (Fsp3) is 0.312. The van der Waals surface area contributed by atoms with Crippen LogP contribution in [0.15, 0.2) is 30.5 Å². The lowest BCUT2D eigenvalue weighted by Gasteiger charge is -2.20. The molecule has 1 aromatic carbocycles. The number of esters is 1. The number of aromatic nitrogens is 1. The number of carbonyl (C=O) groups is 1. The molecule has 1 heterocycles. The first kappa shape index (κ1) is 19.1. The first-order valence-corrected chi connectivity index (χ1v) is 7.63. The number of nitrogens with zero attached hydrogens (tertiary/aromatic N) is 2. The highest BCUT2D eigenvalue weighted by Crippen LogP contribution is 2.34. The van der Waals surface area contributed by atoms with Gasteiger partial charge in [-0.2, -0.15) is 13.2 Å². The van der Waals surface area contributed by atoms with Gasteiger partial charge in [-0.25, -0.2) is 0 Å². The van der Waals surface area contributed by atoms with E-state index in [4.69, 9.17) is 22.1 Å². The summed E-state index contributed by atoms with van der Waals surface area (Å²) in [6.07, 6.45) is -3.29. The molecule has 5 nitrogen and oxygen atoms in total. The van der Waals surface area contributed by atoms with E-state index in [1.807, 2.05) is 0 Å². The molecule has 0 atom stereocenters. The summed E-state index contributed by atoms with van der Waals surface area (Å²) in [7, 11) is 1.53. The van der Waals surface area contributed by atoms with Gasteiger partial charge in [0.2, 0.25) is 0 Å². The maximum absolute atomic E-state index is 13.1. The monoisotopic (exact) mass is 372 g/mol. The minimum Gasteiger partial charge on any atom is -0.462 e. The molecule has 2 rings (SSSR count). The van der Waals surface area contributed by atoms with E-state index in [1.54, 1.807) is 0 Å². The number of hydrogen-bond acceptors (Lipinski definition) is 5. The zero-order chi connectivity index (χ0) is 18.6. The molecule has 0 radical (unpaired) electrons. The molecule has 0 amide bonds. The van der Waals surface area contributed by atoms with E-state index in [9.17, 15) is 18.0 Å². The van der Waals surface area contributed by atoms with Gasteiger partial charge in [-0.05, 0) is 12.1 Å². The number of aliphatic hydroxyl groups excluding tert-OH is 1. The maximum Gasteiger partial charge on any atom is 0.418 e. The highest BCUT2D eigenvalue weighted by molar-refractivity contribution is 7.80. The molecule has 1 aromatic heterocycles. The second-order valence-corrected chi connectivity index (χ2v) is 5.55. The molecular weight excluding hydrogens is 357 g/mol. The summed E-state index contributed by atoms with van der Waals surface area (Å²) in [6.45, 7) is -0.622. The van der Waals surface area contributed by atoms with Crippen molar-refractivity contribution in [2.75, 3.05) is 26.8 Å². The van der Waals surface area contributed by atoms with Crippen LogP contribution in [0.5, 0.6) is 0 Å². The van der Waals surface area contributed by atoms with Crippen molar-refractivity contribution >= 4 is 34.1 Å². The molecule has 0 aliphatic carbocycles. The smallest absolute Gasteiger partial charge is 0.418 e. The van der Waals surface area contributed by atoms with Crippen LogP contribution in [0.2, 0.25) is 0 Å². The summed E-state index contributed by atoms with van der Waals surface area (Å²) in [5.74, 6) is -0.603. The predicted molar refractivity (Wildman–Crippen MR) is 89.1 cm³/mol. The Kier molecular flexibility index (Phi) is 5.91. The molecule has 2 aromatic rings. The van der Waals surface area contributed by atoms with E-state index < -0.39 is 17.7 Å². The lowest BCUT2D eigenvalue weighted by molar-refractivity contribution is -0.144. The SMILES string of the molecule is CN(CC(=O)OCCO)C(=S)c1ccnc2c(C(F)(F)F)cccc12. The molecule has 0 fully saturated rings. The number of carbonyl (C=O) groups excluding carboxylic acids is 1. The normalized spacial score (nSPS) is 11.4. The van der Waals surface area contributed by atoms with Crippen molar-refractivity contribution in [1.82, 2.24) is 9.88 Å². The van der Waals surface area contributed by atoms with Gasteiger partial charge >= 0.3 is 12.1 Å². The summed E-state index contributed by atoms with van der Waals surface area (Å²) in [5.41, 5.74) is -0.686. The number of para-hydroxylation sites is 1. The number of halogens is 3. The summed E-state index contributed by atoms with van der Waals surface area (Å²) in [4.78, 5) is 17.0. The number of fused-ring (bicyclic) bond motifs is 1. The van der Waals surface area contributed by atoms with Crippen LogP contribution >= 0.6 is 12.2 Å². The van der Waals surface area contributed by atoms with Crippen molar-refractivity contribution in [3.05, 3.63) is 41.6 Å². The van der Waals surface area contributed by atoms with Crippen LogP contribution in [-0.2, 0) is 15.7 Å². The molecule has 0 saturated heterocycles. The Morgan fingerprint density at radius 2 is 2.08 bits per heavy atom. The second-order valence-electron chi connectivity index (χ2n) is 5.16. The Morgan fingerprint density at radius 1 is 1.36 bits per heavy atom. The van der Waals surface area contributed by atoms with E-state index >= 15 is 0 Å². The van der Waals surface area contributed by atoms with E-state index in [0.717, 1.165) is 6.07 Å². The van der Waals surface area contributed by atoms with Crippen molar-refractivity contribution in [3.63, 3.8) is 0 Å². The van der Waals surface area contributed by atoms with Crippen molar-refractivity contribution in [2.45, 2.75) is 6.18 Å². The number of likely N-dealkylation sites (N-methyl/N-ethyl adjacent to an activating group) is 1. The zero-order valence-corrected chi connectivity index (χ0v) is 14.0. The van der Waals surface area contributed by atoms with Crippen LogP contribution < -0.4 is 0 Å². The molecule has 25 heavy (non-hydrogen) atoms. The Hall–Kier alpha value is -2.26. The molecule has 1 N–H and O–H groups in total. The fourth-order valence-corrected chi connectivity index (χ4v) is 2.51. The zero-order valence-electron chi connectivity index (χ0n) is 13.2. The molecular formula is C16H15F3N2O3S. The number of hydrogen-bond donors (Lipinski definition) is 1. The molecule has 0 saturated carbocycles. The van der Waals surface area contributed by atoms with Gasteiger partial charge in [-0.3, -0.25) is 9.78 Å². The van der Waals surface area contributed by atoms with Crippen LogP contribution in [0.4, 0.5) is 13.2 Å². The van der Waals surface area contributed by atoms with Gasteiger partial charge in [0.25, 0.3) is 0 Å². The Bertz CT molecular complexity index is 796. The molecule has 9 heteroatoms. The molecule has 0 aliphatic heterocycles. The lowest BCUT2D eigenvalue weighted by atomic mass is 10.0. The summed E-state index contributed by atoms with van der Waals surface area (Å²) in [5, 5.41) is 8.88. The molecule has 0 aliphatic rings. The second kappa shape index (κ2) is 7.75. The van der Waals surface area contributed by atoms with Crippen molar-refractivity contribution in [1.29, 1.82) is 0 Å². The van der Waals surface area contributed by atoms with Crippen LogP contribution in [0.3, 0.4) is 0 Å². The van der Waals surface area contributed by atoms with Crippen LogP contribution in [0, 0.1) is 0 Å². The number of pyridine rings is 1. The summed E-state index contributed by atoms with van der Waals surface area (Å²) in [6, 6.07) is 5.24. The number of thiocarbonyl (C=S) groups is 1. The average molecular weight is 372 g/mol. The van der Waals surface area contributed by atoms with Crippen LogP contribution in [0.1, 0.15) is 11.1 Å². The maximum atomic E-state index is 13.1. The Morgan fingerprint density at radius 3 is 2.72 bits per heavy atom. The van der Waals surface area contributed by atoms with Gasteiger partial charge in [0.15, 0.2) is 0 Å². The standard InChI is InChI=1S/C16H15F3N2O3S/c1-21(9-13(23)24-8-7-22)15(25)11-5-6-20-14-10(11)3-2-4-12(14)16(17,18)19/h2-6,22H,7-9H2,1H3. The number of ether oxygens (including phenoxy) is 1. The van der Waals surface area contributed by atoms with Gasteiger partial charge in [0, 0.05) is 24.2 Å². The molecule has 0 bridgehead atoms. The summed E-state index contributed by atoms with van der Waals surface area (Å²) < 4.78 is 44.2. The first-order valence-electron chi connectivity index (χ1n) is 7.22. The van der Waals surface area contributed by atoms with Gasteiger partial charge in [0.1, 0.15) is 18.1 Å². The highest BCUT2D eigenvalue weighted by Gasteiger charge is 2.33. The number of aliphatic hydroxyl groups is 1. The van der Waals surface area contributed by atoms with Crippen LogP contribution in [0.25, 0.3) is 10.9 Å². The molecule has 0 unspecified atom stereocenters. The van der Waals surface area contributed by atoms with E-state index in [2.05, 4.69) is 4.98 Å². The minimum absolute atomic E-state index is 0.132. The first-order chi connectivity index (χ1) is 11.8. The molecule has 0 spiro atoms.